The van der Waals surface area contributed by atoms with Crippen molar-refractivity contribution in [1.29, 1.82) is 0 Å². The number of hydrogen-bond donors (Lipinski definition) is 0. The van der Waals surface area contributed by atoms with Gasteiger partial charge in [0.05, 0.1) is 19.1 Å². The second-order valence-corrected chi connectivity index (χ2v) is 6.97. The zero-order valence-electron chi connectivity index (χ0n) is 13.1. The number of thiocarbonyl (C=S) groups is 1. The number of carbonyl (C=O) groups is 1. The Morgan fingerprint density at radius 1 is 1.32 bits per heavy atom. The molecule has 0 aliphatic carbocycles. The number of amides is 1. The summed E-state index contributed by atoms with van der Waals surface area (Å²) in [5.41, 5.74) is 0.827. The normalized spacial score (nSPS) is 16.8. The first-order valence-corrected chi connectivity index (χ1v) is 8.16. The van der Waals surface area contributed by atoms with Crippen molar-refractivity contribution in [2.45, 2.75) is 13.8 Å². The Hall–Kier alpha value is -1.53. The van der Waals surface area contributed by atoms with Crippen LogP contribution in [0.25, 0.3) is 6.08 Å². The van der Waals surface area contributed by atoms with Gasteiger partial charge in [-0.25, -0.2) is 0 Å². The van der Waals surface area contributed by atoms with Gasteiger partial charge in [-0.1, -0.05) is 37.8 Å². The molecule has 1 saturated heterocycles. The van der Waals surface area contributed by atoms with Gasteiger partial charge in [-0.3, -0.25) is 9.69 Å². The lowest BCUT2D eigenvalue weighted by molar-refractivity contribution is -0.122. The molecule has 0 spiro atoms. The first-order valence-electron chi connectivity index (χ1n) is 6.93. The number of thioether (sulfide) groups is 1. The summed E-state index contributed by atoms with van der Waals surface area (Å²) in [4.78, 5) is 14.7. The molecule has 6 heteroatoms. The molecule has 118 valence electrons. The molecule has 1 fully saturated rings. The Morgan fingerprint density at radius 3 is 2.64 bits per heavy atom. The summed E-state index contributed by atoms with van der Waals surface area (Å²) in [7, 11) is 3.20. The Balaban J connectivity index is 2.30. The van der Waals surface area contributed by atoms with Gasteiger partial charge in [0.15, 0.2) is 0 Å². The standard InChI is InChI=1S/C16H19NO3S2/c1-10(2)9-17-15(18)14(22-16(17)21)7-11-5-6-12(19-3)8-13(11)20-4/h5-8,10H,9H2,1-4H3/b14-7-. The molecule has 1 aromatic rings. The Bertz CT molecular complexity index is 626. The summed E-state index contributed by atoms with van der Waals surface area (Å²) in [6, 6.07) is 5.50. The number of carbonyl (C=O) groups excluding carboxylic acids is 1. The lowest BCUT2D eigenvalue weighted by Gasteiger charge is -2.16. The lowest BCUT2D eigenvalue weighted by atomic mass is 10.1. The minimum atomic E-state index is -0.0402. The van der Waals surface area contributed by atoms with Crippen LogP contribution in [-0.4, -0.2) is 35.9 Å². The van der Waals surface area contributed by atoms with E-state index < -0.39 is 0 Å². The smallest absolute Gasteiger partial charge is 0.266 e. The number of methoxy groups -OCH3 is 2. The van der Waals surface area contributed by atoms with E-state index in [1.165, 1.54) is 11.8 Å². The third-order valence-corrected chi connectivity index (χ3v) is 4.53. The minimum absolute atomic E-state index is 0.0402. The van der Waals surface area contributed by atoms with Gasteiger partial charge in [0.1, 0.15) is 15.8 Å². The second-order valence-electron chi connectivity index (χ2n) is 5.29. The molecular weight excluding hydrogens is 318 g/mol. The average Bonchev–Trinajstić information content (AvgIpc) is 2.75. The fourth-order valence-electron chi connectivity index (χ4n) is 2.10. The predicted molar refractivity (Wildman–Crippen MR) is 94.3 cm³/mol. The first-order chi connectivity index (χ1) is 10.5. The highest BCUT2D eigenvalue weighted by atomic mass is 32.2. The van der Waals surface area contributed by atoms with Crippen LogP contribution in [0.4, 0.5) is 0 Å². The van der Waals surface area contributed by atoms with E-state index >= 15 is 0 Å². The molecule has 2 rings (SSSR count). The van der Waals surface area contributed by atoms with Crippen molar-refractivity contribution in [3.63, 3.8) is 0 Å². The van der Waals surface area contributed by atoms with Gasteiger partial charge in [-0.05, 0) is 24.1 Å². The third kappa shape index (κ3) is 3.62. The van der Waals surface area contributed by atoms with Crippen LogP contribution < -0.4 is 9.47 Å². The maximum Gasteiger partial charge on any atom is 0.266 e. The number of ether oxygens (including phenoxy) is 2. The van der Waals surface area contributed by atoms with E-state index in [0.717, 1.165) is 5.56 Å². The summed E-state index contributed by atoms with van der Waals surface area (Å²) in [6.45, 7) is 4.77. The Morgan fingerprint density at radius 2 is 2.05 bits per heavy atom. The Kier molecular flexibility index (Phi) is 5.47. The lowest BCUT2D eigenvalue weighted by Crippen LogP contribution is -2.31. The summed E-state index contributed by atoms with van der Waals surface area (Å²) >= 11 is 6.64. The van der Waals surface area contributed by atoms with Crippen LogP contribution >= 0.6 is 24.0 Å². The second kappa shape index (κ2) is 7.15. The molecule has 1 aliphatic heterocycles. The first kappa shape index (κ1) is 16.8. The quantitative estimate of drug-likeness (QED) is 0.607. The Labute approximate surface area is 140 Å². The number of benzene rings is 1. The van der Waals surface area contributed by atoms with E-state index in [-0.39, 0.29) is 5.91 Å². The molecule has 22 heavy (non-hydrogen) atoms. The number of hydrogen-bond acceptors (Lipinski definition) is 5. The van der Waals surface area contributed by atoms with Crippen LogP contribution in [-0.2, 0) is 4.79 Å². The molecule has 0 aromatic heterocycles. The van der Waals surface area contributed by atoms with Crippen molar-refractivity contribution in [2.24, 2.45) is 5.92 Å². The molecule has 0 radical (unpaired) electrons. The van der Waals surface area contributed by atoms with Gasteiger partial charge in [0.2, 0.25) is 0 Å². The molecule has 1 heterocycles. The molecule has 0 unspecified atom stereocenters. The summed E-state index contributed by atoms with van der Waals surface area (Å²) in [6.07, 6.45) is 1.82. The van der Waals surface area contributed by atoms with Crippen molar-refractivity contribution in [1.82, 2.24) is 4.90 Å². The fourth-order valence-corrected chi connectivity index (χ4v) is 3.37. The van der Waals surface area contributed by atoms with E-state index in [1.807, 2.05) is 18.2 Å². The van der Waals surface area contributed by atoms with Gasteiger partial charge in [0.25, 0.3) is 5.91 Å². The van der Waals surface area contributed by atoms with Crippen molar-refractivity contribution in [3.8, 4) is 11.5 Å². The van der Waals surface area contributed by atoms with E-state index in [4.69, 9.17) is 21.7 Å². The third-order valence-electron chi connectivity index (χ3n) is 3.15. The van der Waals surface area contributed by atoms with Gasteiger partial charge in [-0.15, -0.1) is 0 Å². The topological polar surface area (TPSA) is 38.8 Å². The van der Waals surface area contributed by atoms with Crippen LogP contribution in [0.5, 0.6) is 11.5 Å². The SMILES string of the molecule is COc1ccc(/C=C2\SC(=S)N(CC(C)C)C2=O)c(OC)c1. The van der Waals surface area contributed by atoms with Crippen LogP contribution in [0, 0.1) is 5.92 Å². The molecule has 0 saturated carbocycles. The fraction of sp³-hybridized carbons (Fsp3) is 0.375. The van der Waals surface area contributed by atoms with Crippen LogP contribution in [0.1, 0.15) is 19.4 Å². The molecule has 1 aromatic carbocycles. The molecule has 4 nitrogen and oxygen atoms in total. The molecule has 1 amide bonds. The summed E-state index contributed by atoms with van der Waals surface area (Å²) in [5, 5.41) is 0. The predicted octanol–water partition coefficient (Wildman–Crippen LogP) is 3.56. The van der Waals surface area contributed by atoms with Gasteiger partial charge in [0, 0.05) is 18.2 Å². The van der Waals surface area contributed by atoms with Gasteiger partial charge < -0.3 is 9.47 Å². The molecular formula is C16H19NO3S2. The highest BCUT2D eigenvalue weighted by molar-refractivity contribution is 8.26. The summed E-state index contributed by atoms with van der Waals surface area (Å²) < 4.78 is 11.1. The van der Waals surface area contributed by atoms with E-state index in [2.05, 4.69) is 13.8 Å². The van der Waals surface area contributed by atoms with Crippen molar-refractivity contribution < 1.29 is 14.3 Å². The van der Waals surface area contributed by atoms with Gasteiger partial charge >= 0.3 is 0 Å². The van der Waals surface area contributed by atoms with Crippen molar-refractivity contribution >= 4 is 40.3 Å². The van der Waals surface area contributed by atoms with E-state index in [1.54, 1.807) is 25.2 Å². The zero-order chi connectivity index (χ0) is 16.3. The average molecular weight is 337 g/mol. The maximum absolute atomic E-state index is 12.5. The van der Waals surface area contributed by atoms with Crippen LogP contribution in [0.15, 0.2) is 23.1 Å². The monoisotopic (exact) mass is 337 g/mol. The van der Waals surface area contributed by atoms with Gasteiger partial charge in [-0.2, -0.15) is 0 Å². The zero-order valence-corrected chi connectivity index (χ0v) is 14.7. The van der Waals surface area contributed by atoms with E-state index in [9.17, 15) is 4.79 Å². The summed E-state index contributed by atoms with van der Waals surface area (Å²) in [5.74, 6) is 1.70. The number of nitrogens with zero attached hydrogens (tertiary/aromatic N) is 1. The number of rotatable bonds is 5. The molecule has 0 atom stereocenters. The largest absolute Gasteiger partial charge is 0.497 e. The molecule has 1 aliphatic rings. The molecule has 0 N–H and O–H groups in total. The highest BCUT2D eigenvalue weighted by Crippen LogP contribution is 2.35. The molecule has 0 bridgehead atoms. The van der Waals surface area contributed by atoms with Crippen molar-refractivity contribution in [2.75, 3.05) is 20.8 Å². The van der Waals surface area contributed by atoms with Crippen LogP contribution in [0.3, 0.4) is 0 Å². The highest BCUT2D eigenvalue weighted by Gasteiger charge is 2.32. The minimum Gasteiger partial charge on any atom is -0.497 e. The van der Waals surface area contributed by atoms with E-state index in [0.29, 0.717) is 33.2 Å². The van der Waals surface area contributed by atoms with Crippen LogP contribution in [0.2, 0.25) is 0 Å². The van der Waals surface area contributed by atoms with Crippen molar-refractivity contribution in [3.05, 3.63) is 28.7 Å². The maximum atomic E-state index is 12.5.